The van der Waals surface area contributed by atoms with E-state index >= 15 is 0 Å². The van der Waals surface area contributed by atoms with Crippen LogP contribution in [-0.4, -0.2) is 38.8 Å². The quantitative estimate of drug-likeness (QED) is 0.667. The standard InChI is InChI=1S/C9H16N4O/c1-13-8(6-11-12-13)5-9(14)3-2-4-10-7-9/h6,10,14H,2-5,7H2,1H3. The van der Waals surface area contributed by atoms with Crippen molar-refractivity contribution in [1.29, 1.82) is 0 Å². The molecule has 1 aromatic heterocycles. The van der Waals surface area contributed by atoms with Gasteiger partial charge < -0.3 is 10.4 Å². The molecule has 1 atom stereocenters. The molecule has 0 saturated carbocycles. The smallest absolute Gasteiger partial charge is 0.0827 e. The first kappa shape index (κ1) is 9.61. The van der Waals surface area contributed by atoms with Gasteiger partial charge in [-0.2, -0.15) is 0 Å². The molecular formula is C9H16N4O. The van der Waals surface area contributed by atoms with Crippen molar-refractivity contribution in [3.8, 4) is 0 Å². The molecule has 2 N–H and O–H groups in total. The number of aromatic nitrogens is 3. The van der Waals surface area contributed by atoms with Crippen LogP contribution in [0.2, 0.25) is 0 Å². The maximum absolute atomic E-state index is 10.2. The Kier molecular flexibility index (Phi) is 2.52. The van der Waals surface area contributed by atoms with Gasteiger partial charge in [-0.1, -0.05) is 5.21 Å². The number of aryl methyl sites for hydroxylation is 1. The van der Waals surface area contributed by atoms with E-state index in [1.807, 2.05) is 7.05 Å². The molecule has 78 valence electrons. The number of rotatable bonds is 2. The lowest BCUT2D eigenvalue weighted by atomic mass is 9.89. The molecule has 1 aromatic rings. The summed E-state index contributed by atoms with van der Waals surface area (Å²) in [6.07, 6.45) is 4.23. The molecule has 1 aliphatic heterocycles. The highest BCUT2D eigenvalue weighted by Gasteiger charge is 2.30. The van der Waals surface area contributed by atoms with Crippen LogP contribution in [0, 0.1) is 0 Å². The number of β-amino-alcohol motifs (C(OH)–C–C–N with tert-alkyl or cyclic N) is 1. The van der Waals surface area contributed by atoms with Crippen LogP contribution in [0.15, 0.2) is 6.20 Å². The van der Waals surface area contributed by atoms with Gasteiger partial charge >= 0.3 is 0 Å². The first-order chi connectivity index (χ1) is 6.70. The molecule has 2 rings (SSSR count). The van der Waals surface area contributed by atoms with Crippen molar-refractivity contribution in [1.82, 2.24) is 20.3 Å². The van der Waals surface area contributed by atoms with E-state index in [-0.39, 0.29) is 0 Å². The second-order valence-electron chi connectivity index (χ2n) is 4.03. The normalized spacial score (nSPS) is 27.9. The van der Waals surface area contributed by atoms with E-state index in [2.05, 4.69) is 15.6 Å². The van der Waals surface area contributed by atoms with Crippen molar-refractivity contribution in [2.75, 3.05) is 13.1 Å². The van der Waals surface area contributed by atoms with E-state index in [4.69, 9.17) is 0 Å². The van der Waals surface area contributed by atoms with Gasteiger partial charge in [-0.25, -0.2) is 0 Å². The Labute approximate surface area is 83.1 Å². The third kappa shape index (κ3) is 1.93. The van der Waals surface area contributed by atoms with E-state index in [1.165, 1.54) is 0 Å². The minimum Gasteiger partial charge on any atom is -0.388 e. The fraction of sp³-hybridized carbons (Fsp3) is 0.778. The molecule has 14 heavy (non-hydrogen) atoms. The van der Waals surface area contributed by atoms with Gasteiger partial charge in [-0.3, -0.25) is 4.68 Å². The van der Waals surface area contributed by atoms with Gasteiger partial charge in [0, 0.05) is 20.0 Å². The van der Waals surface area contributed by atoms with Crippen LogP contribution in [-0.2, 0) is 13.5 Å². The predicted octanol–water partition coefficient (Wildman–Crippen LogP) is -0.528. The summed E-state index contributed by atoms with van der Waals surface area (Å²) in [5.74, 6) is 0. The fourth-order valence-electron chi connectivity index (χ4n) is 1.91. The molecule has 1 fully saturated rings. The van der Waals surface area contributed by atoms with Crippen molar-refractivity contribution in [2.24, 2.45) is 7.05 Å². The van der Waals surface area contributed by atoms with Gasteiger partial charge in [0.25, 0.3) is 0 Å². The Hall–Kier alpha value is -0.940. The summed E-state index contributed by atoms with van der Waals surface area (Å²) >= 11 is 0. The Morgan fingerprint density at radius 1 is 1.71 bits per heavy atom. The van der Waals surface area contributed by atoms with Crippen LogP contribution in [0.1, 0.15) is 18.5 Å². The molecule has 5 heteroatoms. The summed E-state index contributed by atoms with van der Waals surface area (Å²) in [6.45, 7) is 1.67. The summed E-state index contributed by atoms with van der Waals surface area (Å²) < 4.78 is 1.71. The Morgan fingerprint density at radius 3 is 3.14 bits per heavy atom. The van der Waals surface area contributed by atoms with Crippen molar-refractivity contribution in [2.45, 2.75) is 24.9 Å². The third-order valence-corrected chi connectivity index (χ3v) is 2.77. The number of aliphatic hydroxyl groups is 1. The minimum atomic E-state index is -0.617. The molecule has 0 amide bonds. The van der Waals surface area contributed by atoms with Gasteiger partial charge in [0.05, 0.1) is 17.5 Å². The van der Waals surface area contributed by atoms with Crippen molar-refractivity contribution in [3.05, 3.63) is 11.9 Å². The molecule has 1 saturated heterocycles. The third-order valence-electron chi connectivity index (χ3n) is 2.77. The Morgan fingerprint density at radius 2 is 2.57 bits per heavy atom. The first-order valence-corrected chi connectivity index (χ1v) is 4.96. The molecule has 0 aromatic carbocycles. The van der Waals surface area contributed by atoms with Crippen molar-refractivity contribution < 1.29 is 5.11 Å². The molecule has 0 bridgehead atoms. The van der Waals surface area contributed by atoms with E-state index in [1.54, 1.807) is 10.9 Å². The maximum Gasteiger partial charge on any atom is 0.0827 e. The van der Waals surface area contributed by atoms with Crippen molar-refractivity contribution >= 4 is 0 Å². The minimum absolute atomic E-state index is 0.617. The summed E-state index contributed by atoms with van der Waals surface area (Å²) in [7, 11) is 1.85. The zero-order chi connectivity index (χ0) is 10.0. The van der Waals surface area contributed by atoms with E-state index in [9.17, 15) is 5.11 Å². The number of nitrogens with zero attached hydrogens (tertiary/aromatic N) is 3. The molecule has 0 radical (unpaired) electrons. The van der Waals surface area contributed by atoms with Crippen LogP contribution in [0.3, 0.4) is 0 Å². The highest BCUT2D eigenvalue weighted by molar-refractivity contribution is 5.02. The lowest BCUT2D eigenvalue weighted by molar-refractivity contribution is 0.0153. The SMILES string of the molecule is Cn1nncc1CC1(O)CCCNC1. The molecule has 1 unspecified atom stereocenters. The molecule has 1 aliphatic rings. The maximum atomic E-state index is 10.2. The summed E-state index contributed by atoms with van der Waals surface area (Å²) in [4.78, 5) is 0. The van der Waals surface area contributed by atoms with Crippen LogP contribution < -0.4 is 5.32 Å². The topological polar surface area (TPSA) is 63.0 Å². The van der Waals surface area contributed by atoms with Crippen LogP contribution >= 0.6 is 0 Å². The number of hydrogen-bond acceptors (Lipinski definition) is 4. The van der Waals surface area contributed by atoms with Gasteiger partial charge in [0.2, 0.25) is 0 Å². The Bertz CT molecular complexity index is 304. The fourth-order valence-corrected chi connectivity index (χ4v) is 1.91. The van der Waals surface area contributed by atoms with E-state index < -0.39 is 5.60 Å². The van der Waals surface area contributed by atoms with Gasteiger partial charge in [0.15, 0.2) is 0 Å². The summed E-state index contributed by atoms with van der Waals surface area (Å²) in [5.41, 5.74) is 0.365. The lowest BCUT2D eigenvalue weighted by Gasteiger charge is -2.32. The van der Waals surface area contributed by atoms with Gasteiger partial charge in [0.1, 0.15) is 0 Å². The van der Waals surface area contributed by atoms with Crippen LogP contribution in [0.25, 0.3) is 0 Å². The predicted molar refractivity (Wildman–Crippen MR) is 51.8 cm³/mol. The molecule has 0 aliphatic carbocycles. The molecule has 2 heterocycles. The zero-order valence-electron chi connectivity index (χ0n) is 8.40. The monoisotopic (exact) mass is 196 g/mol. The average Bonchev–Trinajstić information content (AvgIpc) is 2.52. The molecule has 5 nitrogen and oxygen atoms in total. The first-order valence-electron chi connectivity index (χ1n) is 4.96. The summed E-state index contributed by atoms with van der Waals surface area (Å²) in [5, 5.41) is 21.1. The second-order valence-corrected chi connectivity index (χ2v) is 4.03. The molecular weight excluding hydrogens is 180 g/mol. The van der Waals surface area contributed by atoms with Crippen LogP contribution in [0.4, 0.5) is 0 Å². The Balaban J connectivity index is 2.05. The largest absolute Gasteiger partial charge is 0.388 e. The number of hydrogen-bond donors (Lipinski definition) is 2. The van der Waals surface area contributed by atoms with Crippen LogP contribution in [0.5, 0.6) is 0 Å². The number of nitrogens with one attached hydrogen (secondary N) is 1. The lowest BCUT2D eigenvalue weighted by Crippen LogP contribution is -2.47. The van der Waals surface area contributed by atoms with Gasteiger partial charge in [-0.05, 0) is 19.4 Å². The van der Waals surface area contributed by atoms with E-state index in [0.29, 0.717) is 13.0 Å². The van der Waals surface area contributed by atoms with E-state index in [0.717, 1.165) is 25.1 Å². The second kappa shape index (κ2) is 3.67. The zero-order valence-corrected chi connectivity index (χ0v) is 8.40. The van der Waals surface area contributed by atoms with Gasteiger partial charge in [-0.15, -0.1) is 5.10 Å². The molecule has 0 spiro atoms. The van der Waals surface area contributed by atoms with Crippen molar-refractivity contribution in [3.63, 3.8) is 0 Å². The highest BCUT2D eigenvalue weighted by Crippen LogP contribution is 2.20. The average molecular weight is 196 g/mol. The number of piperidine rings is 1. The summed E-state index contributed by atoms with van der Waals surface area (Å²) in [6, 6.07) is 0. The highest BCUT2D eigenvalue weighted by atomic mass is 16.3.